The number of thiazole rings is 1. The third-order valence-corrected chi connectivity index (χ3v) is 7.28. The first-order valence-corrected chi connectivity index (χ1v) is 12.2. The minimum atomic E-state index is 0. The second-order valence-electron chi connectivity index (χ2n) is 7.31. The molecule has 1 aliphatic carbocycles. The van der Waals surface area contributed by atoms with Crippen LogP contribution in [0.25, 0.3) is 0 Å². The van der Waals surface area contributed by atoms with Gasteiger partial charge in [-0.1, -0.05) is 45.2 Å². The van der Waals surface area contributed by atoms with E-state index in [1.807, 2.05) is 23.1 Å². The number of hydrogen-bond acceptors (Lipinski definition) is 3. The molecule has 0 spiro atoms. The van der Waals surface area contributed by atoms with Crippen molar-refractivity contribution in [3.8, 4) is 0 Å². The van der Waals surface area contributed by atoms with Gasteiger partial charge in [0.05, 0.1) is 0 Å². The lowest BCUT2D eigenvalue weighted by molar-refractivity contribution is 0.281. The summed E-state index contributed by atoms with van der Waals surface area (Å²) in [7, 11) is 0. The third-order valence-electron chi connectivity index (χ3n) is 5.63. The second-order valence-corrected chi connectivity index (χ2v) is 9.02. The highest BCUT2D eigenvalue weighted by Crippen LogP contribution is 2.49. The van der Waals surface area contributed by atoms with E-state index >= 15 is 0 Å². The monoisotopic (exact) mass is 468 g/mol. The van der Waals surface area contributed by atoms with Gasteiger partial charge < -0.3 is 4.57 Å². The highest BCUT2D eigenvalue weighted by atomic mass is 79.9. The molecular weight excluding hydrogens is 436 g/mol. The van der Waals surface area contributed by atoms with E-state index in [1.54, 1.807) is 0 Å². The van der Waals surface area contributed by atoms with E-state index in [-0.39, 0.29) is 22.4 Å². The van der Waals surface area contributed by atoms with E-state index in [1.165, 1.54) is 65.9 Å². The average molecular weight is 470 g/mol. The van der Waals surface area contributed by atoms with Crippen molar-refractivity contribution in [3.63, 3.8) is 0 Å². The summed E-state index contributed by atoms with van der Waals surface area (Å²) in [5, 5.41) is 2.40. The third kappa shape index (κ3) is 4.91. The van der Waals surface area contributed by atoms with Gasteiger partial charge in [-0.15, -0.1) is 40.1 Å². The number of rotatable bonds is 9. The minimum absolute atomic E-state index is 0. The smallest absolute Gasteiger partial charge is 0.184 e. The van der Waals surface area contributed by atoms with Gasteiger partial charge in [-0.2, -0.15) is 0 Å². The van der Waals surface area contributed by atoms with Crippen LogP contribution in [-0.2, 0) is 12.0 Å². The van der Waals surface area contributed by atoms with Crippen LogP contribution in [0.4, 0.5) is 0 Å². The fourth-order valence-corrected chi connectivity index (χ4v) is 5.29. The van der Waals surface area contributed by atoms with E-state index in [9.17, 15) is 0 Å². The van der Waals surface area contributed by atoms with Crippen molar-refractivity contribution in [3.05, 3.63) is 45.7 Å². The van der Waals surface area contributed by atoms with Gasteiger partial charge in [0.2, 0.25) is 0 Å². The number of nitrogens with zero attached hydrogens (tertiary/aromatic N) is 2. The van der Waals surface area contributed by atoms with Crippen molar-refractivity contribution in [2.24, 2.45) is 4.99 Å². The van der Waals surface area contributed by atoms with Gasteiger partial charge in [-0.05, 0) is 49.6 Å². The summed E-state index contributed by atoms with van der Waals surface area (Å²) in [6, 6.07) is 9.30. The number of thioether (sulfide) groups is 1. The maximum atomic E-state index is 4.94. The summed E-state index contributed by atoms with van der Waals surface area (Å²) in [6.07, 6.45) is 10.9. The molecule has 1 saturated carbocycles. The van der Waals surface area contributed by atoms with Crippen molar-refractivity contribution in [1.82, 2.24) is 4.57 Å². The van der Waals surface area contributed by atoms with Crippen molar-refractivity contribution in [1.29, 1.82) is 0 Å². The highest BCUT2D eigenvalue weighted by molar-refractivity contribution is 8.93. The molecule has 3 rings (SSSR count). The van der Waals surface area contributed by atoms with Crippen LogP contribution in [0.15, 0.2) is 39.5 Å². The fraction of sp³-hybridized carbons (Fsp3) is 0.591. The number of aromatic nitrogens is 1. The van der Waals surface area contributed by atoms with Crippen molar-refractivity contribution in [2.75, 3.05) is 12.8 Å². The van der Waals surface area contributed by atoms with Crippen molar-refractivity contribution < 1.29 is 0 Å². The molecule has 1 aromatic carbocycles. The summed E-state index contributed by atoms with van der Waals surface area (Å²) < 4.78 is 2.55. The molecule has 1 aromatic heterocycles. The zero-order valence-electron chi connectivity index (χ0n) is 16.9. The Hall–Kier alpha value is -0.520. The van der Waals surface area contributed by atoms with Crippen LogP contribution in [0.3, 0.4) is 0 Å². The predicted molar refractivity (Wildman–Crippen MR) is 126 cm³/mol. The molecule has 0 bridgehead atoms. The van der Waals surface area contributed by atoms with Gasteiger partial charge in [0.1, 0.15) is 0 Å². The Labute approximate surface area is 183 Å². The van der Waals surface area contributed by atoms with E-state index < -0.39 is 0 Å². The molecule has 1 heterocycles. The number of unbranched alkanes of at least 4 members (excludes halogenated alkanes) is 2. The van der Waals surface area contributed by atoms with Gasteiger partial charge in [0.15, 0.2) is 4.80 Å². The lowest BCUT2D eigenvalue weighted by Gasteiger charge is -2.43. The Morgan fingerprint density at radius 3 is 2.37 bits per heavy atom. The van der Waals surface area contributed by atoms with Crippen LogP contribution in [-0.4, -0.2) is 17.4 Å². The Morgan fingerprint density at radius 2 is 1.81 bits per heavy atom. The molecule has 0 atom stereocenters. The minimum Gasteiger partial charge on any atom is -0.320 e. The van der Waals surface area contributed by atoms with Gasteiger partial charge in [-0.3, -0.25) is 4.99 Å². The first-order valence-electron chi connectivity index (χ1n) is 10.1. The van der Waals surface area contributed by atoms with Crippen LogP contribution in [0.2, 0.25) is 0 Å². The zero-order valence-corrected chi connectivity index (χ0v) is 20.2. The molecule has 0 amide bonds. The van der Waals surface area contributed by atoms with E-state index in [0.717, 1.165) is 13.1 Å². The molecule has 0 N–H and O–H groups in total. The summed E-state index contributed by atoms with van der Waals surface area (Å²) in [6.45, 7) is 6.58. The predicted octanol–water partition coefficient (Wildman–Crippen LogP) is 6.82. The van der Waals surface area contributed by atoms with Crippen LogP contribution in [0.1, 0.15) is 70.1 Å². The van der Waals surface area contributed by atoms with E-state index in [2.05, 4.69) is 54.3 Å². The van der Waals surface area contributed by atoms with Crippen LogP contribution in [0.5, 0.6) is 0 Å². The fourth-order valence-electron chi connectivity index (χ4n) is 3.83. The molecule has 0 radical (unpaired) electrons. The van der Waals surface area contributed by atoms with E-state index in [0.29, 0.717) is 0 Å². The molecule has 1 fully saturated rings. The quantitative estimate of drug-likeness (QED) is 0.291. The topological polar surface area (TPSA) is 17.3 Å². The van der Waals surface area contributed by atoms with Gasteiger partial charge in [-0.25, -0.2) is 0 Å². The normalized spacial score (nSPS) is 16.0. The SMILES string of the molecule is Br.CCCC/N=c1/scc(C2(c3ccc(SC)cc3)CCC2)n1CCCC. The number of hydrogen-bond donors (Lipinski definition) is 0. The first kappa shape index (κ1) is 22.8. The Morgan fingerprint density at radius 1 is 1.11 bits per heavy atom. The summed E-state index contributed by atoms with van der Waals surface area (Å²) in [5.74, 6) is 0. The Kier molecular flexibility index (Phi) is 9.17. The molecule has 27 heavy (non-hydrogen) atoms. The van der Waals surface area contributed by atoms with Gasteiger partial charge >= 0.3 is 0 Å². The molecule has 2 aromatic rings. The van der Waals surface area contributed by atoms with Gasteiger partial charge in [0, 0.05) is 34.5 Å². The highest BCUT2D eigenvalue weighted by Gasteiger charge is 2.42. The molecule has 2 nitrogen and oxygen atoms in total. The second kappa shape index (κ2) is 10.9. The molecule has 0 unspecified atom stereocenters. The molecule has 0 aliphatic heterocycles. The Balaban J connectivity index is 0.00000261. The zero-order chi connectivity index (χ0) is 18.4. The Bertz CT molecular complexity index is 757. The first-order chi connectivity index (χ1) is 12.7. The van der Waals surface area contributed by atoms with Gasteiger partial charge in [0.25, 0.3) is 0 Å². The maximum absolute atomic E-state index is 4.94. The molecule has 5 heteroatoms. The van der Waals surface area contributed by atoms with Crippen LogP contribution in [0, 0.1) is 0 Å². The summed E-state index contributed by atoms with van der Waals surface area (Å²) in [5.41, 5.74) is 3.21. The number of halogens is 1. The average Bonchev–Trinajstić information content (AvgIpc) is 3.03. The van der Waals surface area contributed by atoms with E-state index in [4.69, 9.17) is 4.99 Å². The molecule has 0 saturated heterocycles. The lowest BCUT2D eigenvalue weighted by atomic mass is 9.62. The van der Waals surface area contributed by atoms with Crippen LogP contribution < -0.4 is 4.80 Å². The summed E-state index contributed by atoms with van der Waals surface area (Å²) in [4.78, 5) is 7.52. The molecule has 1 aliphatic rings. The lowest BCUT2D eigenvalue weighted by Crippen LogP contribution is -2.39. The largest absolute Gasteiger partial charge is 0.320 e. The molecule has 150 valence electrons. The van der Waals surface area contributed by atoms with Crippen molar-refractivity contribution in [2.45, 2.75) is 75.6 Å². The number of benzene rings is 1. The van der Waals surface area contributed by atoms with Crippen molar-refractivity contribution >= 4 is 40.1 Å². The maximum Gasteiger partial charge on any atom is 0.184 e. The van der Waals surface area contributed by atoms with Crippen LogP contribution >= 0.6 is 40.1 Å². The molecular formula is C22H33BrN2S2. The standard InChI is InChI=1S/C22H32N2S2.BrH/c1-4-6-15-23-21-24(16-7-5-2)20(17-26-21)22(13-8-14-22)18-9-11-19(25-3)12-10-18;/h9-12,17H,4-8,13-16H2,1-3H3;1H/b23-21+;. The summed E-state index contributed by atoms with van der Waals surface area (Å²) >= 11 is 3.67.